The van der Waals surface area contributed by atoms with Crippen molar-refractivity contribution >= 4 is 35.1 Å². The van der Waals surface area contributed by atoms with Gasteiger partial charge in [-0.3, -0.25) is 0 Å². The number of carbonyl (C=O) groups is 2. The van der Waals surface area contributed by atoms with Crippen molar-refractivity contribution in [3.05, 3.63) is 63.8 Å². The van der Waals surface area contributed by atoms with Crippen LogP contribution in [-0.4, -0.2) is 66.0 Å². The van der Waals surface area contributed by atoms with Gasteiger partial charge < -0.3 is 28.6 Å². The summed E-state index contributed by atoms with van der Waals surface area (Å²) >= 11 is 0. The Morgan fingerprint density at radius 1 is 1.11 bits per heavy atom. The summed E-state index contributed by atoms with van der Waals surface area (Å²) in [7, 11) is 0. The molecular formula is C32H36N8O7. The van der Waals surface area contributed by atoms with Crippen LogP contribution in [0.25, 0.3) is 21.6 Å². The molecule has 47 heavy (non-hydrogen) atoms. The Morgan fingerprint density at radius 3 is 2.28 bits per heavy atom. The van der Waals surface area contributed by atoms with E-state index in [1.54, 1.807) is 90.3 Å². The number of hydrogen-bond donors (Lipinski definition) is 1. The summed E-state index contributed by atoms with van der Waals surface area (Å²) in [4.78, 5) is 43.5. The molecular weight excluding hydrogens is 608 g/mol. The van der Waals surface area contributed by atoms with Gasteiger partial charge in [0.15, 0.2) is 22.8 Å². The number of azide groups is 1. The zero-order valence-corrected chi connectivity index (χ0v) is 27.3. The van der Waals surface area contributed by atoms with Crippen molar-refractivity contribution < 1.29 is 33.6 Å². The summed E-state index contributed by atoms with van der Waals surface area (Å²) in [5.74, 6) is 0.836. The van der Waals surface area contributed by atoms with E-state index in [0.717, 1.165) is 0 Å². The van der Waals surface area contributed by atoms with Gasteiger partial charge in [0.05, 0.1) is 12.4 Å². The zero-order chi connectivity index (χ0) is 34.5. The van der Waals surface area contributed by atoms with Crippen LogP contribution in [0, 0.1) is 12.3 Å². The van der Waals surface area contributed by atoms with Gasteiger partial charge in [0.2, 0.25) is 5.95 Å². The predicted octanol–water partition coefficient (Wildman–Crippen LogP) is 6.16. The van der Waals surface area contributed by atoms with Gasteiger partial charge in [-0.2, -0.15) is 4.90 Å². The topological polar surface area (TPSA) is 187 Å². The number of amides is 2. The maximum atomic E-state index is 13.5. The summed E-state index contributed by atoms with van der Waals surface area (Å²) in [5.41, 5.74) is 9.18. The molecule has 1 aliphatic heterocycles. The number of terminal acetylenes is 1. The van der Waals surface area contributed by atoms with Gasteiger partial charge in [-0.15, -0.1) is 6.42 Å². The highest BCUT2D eigenvalue weighted by molar-refractivity contribution is 6.12. The molecule has 3 aromatic rings. The number of rotatable bonds is 5. The van der Waals surface area contributed by atoms with E-state index in [-0.39, 0.29) is 17.0 Å². The maximum Gasteiger partial charge on any atom is 0.425 e. The Kier molecular flexibility index (Phi) is 8.50. The van der Waals surface area contributed by atoms with Crippen LogP contribution in [0.3, 0.4) is 0 Å². The lowest BCUT2D eigenvalue weighted by molar-refractivity contribution is -0.148. The number of aromatic nitrogens is 4. The second-order valence-electron chi connectivity index (χ2n) is 13.5. The van der Waals surface area contributed by atoms with Crippen LogP contribution >= 0.6 is 0 Å². The molecule has 4 atom stereocenters. The zero-order valence-electron chi connectivity index (χ0n) is 27.3. The van der Waals surface area contributed by atoms with Crippen molar-refractivity contribution in [2.75, 3.05) is 4.90 Å². The molecule has 0 radical (unpaired) electrons. The fraction of sp³-hybridized carbons (Fsp3) is 0.469. The lowest BCUT2D eigenvalue weighted by atomic mass is 9.98. The number of fused-ring (bicyclic) bond motifs is 2. The van der Waals surface area contributed by atoms with Crippen molar-refractivity contribution in [2.24, 2.45) is 5.11 Å². The molecule has 0 bridgehead atoms. The second kappa shape index (κ2) is 12.0. The Balaban J connectivity index is 1.66. The smallest absolute Gasteiger partial charge is 0.425 e. The minimum atomic E-state index is -1.09. The van der Waals surface area contributed by atoms with Gasteiger partial charge >= 0.3 is 12.2 Å². The van der Waals surface area contributed by atoms with Gasteiger partial charge in [0.25, 0.3) is 0 Å². The van der Waals surface area contributed by atoms with E-state index in [1.165, 1.54) is 6.33 Å². The average molecular weight is 645 g/mol. The normalized spacial score (nSPS) is 20.9. The molecule has 0 saturated carbocycles. The van der Waals surface area contributed by atoms with E-state index in [2.05, 4.69) is 30.9 Å². The van der Waals surface area contributed by atoms with Crippen molar-refractivity contribution in [1.29, 1.82) is 0 Å². The predicted molar refractivity (Wildman–Crippen MR) is 169 cm³/mol. The van der Waals surface area contributed by atoms with Crippen molar-refractivity contribution in [3.8, 4) is 12.3 Å². The third kappa shape index (κ3) is 6.91. The molecule has 2 aliphatic rings. The van der Waals surface area contributed by atoms with E-state index >= 15 is 0 Å². The minimum Gasteiger partial charge on any atom is -0.443 e. The molecule has 246 valence electrons. The highest BCUT2D eigenvalue weighted by Gasteiger charge is 2.52. The number of benzene rings is 1. The number of ether oxygens (including phenoxy) is 4. The number of imide groups is 1. The van der Waals surface area contributed by atoms with E-state index in [9.17, 15) is 20.2 Å². The van der Waals surface area contributed by atoms with Gasteiger partial charge in [0, 0.05) is 10.5 Å². The van der Waals surface area contributed by atoms with Crippen LogP contribution in [-0.2, 0) is 18.9 Å². The lowest BCUT2D eigenvalue weighted by Crippen LogP contribution is -2.44. The summed E-state index contributed by atoms with van der Waals surface area (Å²) in [6.07, 6.45) is 4.16. The quantitative estimate of drug-likeness (QED) is 0.111. The van der Waals surface area contributed by atoms with Crippen molar-refractivity contribution in [2.45, 2.75) is 96.7 Å². The van der Waals surface area contributed by atoms with Crippen LogP contribution in [0.2, 0.25) is 0 Å². The SMILES string of the molecule is C#Cc1ccc(C(O)C2=C[C@@H](n3cnc4c(N(C(=O)OC(C)(C)C)C(=O)OC(C)(C)C)nc(N=[N+]=[N-])nc43)[C@@H]3OC(C)(C)O[C@H]23)cc1. The summed E-state index contributed by atoms with van der Waals surface area (Å²) < 4.78 is 25.2. The molecule has 5 rings (SSSR count). The second-order valence-corrected chi connectivity index (χ2v) is 13.5. The number of imidazole rings is 1. The molecule has 3 heterocycles. The third-order valence-corrected chi connectivity index (χ3v) is 7.08. The number of aliphatic hydroxyl groups is 1. The van der Waals surface area contributed by atoms with Crippen molar-refractivity contribution in [1.82, 2.24) is 19.5 Å². The number of anilines is 1. The fourth-order valence-corrected chi connectivity index (χ4v) is 5.33. The molecule has 15 nitrogen and oxygen atoms in total. The molecule has 2 amide bonds. The fourth-order valence-electron chi connectivity index (χ4n) is 5.33. The Labute approximate surface area is 271 Å². The first-order valence-electron chi connectivity index (χ1n) is 14.8. The number of nitrogens with zero attached hydrogens (tertiary/aromatic N) is 8. The van der Waals surface area contributed by atoms with E-state index in [4.69, 9.17) is 25.4 Å². The van der Waals surface area contributed by atoms with E-state index < -0.39 is 59.5 Å². The number of hydrogen-bond acceptors (Lipinski definition) is 11. The monoisotopic (exact) mass is 644 g/mol. The highest BCUT2D eigenvalue weighted by atomic mass is 16.8. The molecule has 1 unspecified atom stereocenters. The van der Waals surface area contributed by atoms with Gasteiger partial charge in [-0.25, -0.2) is 24.5 Å². The molecule has 1 aliphatic carbocycles. The molecule has 2 aromatic heterocycles. The van der Waals surface area contributed by atoms with Crippen molar-refractivity contribution in [3.63, 3.8) is 0 Å². The summed E-state index contributed by atoms with van der Waals surface area (Å²) in [6.45, 7) is 13.3. The minimum absolute atomic E-state index is 0.000561. The van der Waals surface area contributed by atoms with Gasteiger partial charge in [-0.1, -0.05) is 24.1 Å². The first-order chi connectivity index (χ1) is 21.9. The molecule has 15 heteroatoms. The van der Waals surface area contributed by atoms with Gasteiger partial charge in [0.1, 0.15) is 29.5 Å². The lowest BCUT2D eigenvalue weighted by Gasteiger charge is -2.28. The molecule has 0 spiro atoms. The van der Waals surface area contributed by atoms with Crippen LogP contribution in [0.5, 0.6) is 0 Å². The standard InChI is InChI=1S/C32H36N8O7/c1-10-17-11-13-18(14-12-17)22(41)19-15-20(24-23(19)44-32(8,9)45-24)39-16-34-21-25(39)35-27(37-38-33)36-26(21)40(28(42)46-30(2,3)4)29(43)47-31(5,6)7/h1,11-16,20,22-24,41H,2-9H3/t20-,22?,23-,24+/m1/s1. The number of aliphatic hydroxyl groups excluding tert-OH is 1. The first kappa shape index (κ1) is 33.4. The molecule has 1 aromatic carbocycles. The van der Waals surface area contributed by atoms with E-state index in [0.29, 0.717) is 21.6 Å². The number of carbonyl (C=O) groups excluding carboxylic acids is 2. The van der Waals surface area contributed by atoms with Crippen LogP contribution in [0.1, 0.15) is 78.7 Å². The third-order valence-electron chi connectivity index (χ3n) is 7.08. The van der Waals surface area contributed by atoms with Crippen LogP contribution < -0.4 is 4.90 Å². The van der Waals surface area contributed by atoms with E-state index in [1.807, 2.05) is 0 Å². The summed E-state index contributed by atoms with van der Waals surface area (Å²) in [6, 6.07) is 6.30. The molecule has 1 fully saturated rings. The highest BCUT2D eigenvalue weighted by Crippen LogP contribution is 2.47. The Hall–Kier alpha value is -5.00. The maximum absolute atomic E-state index is 13.5. The Morgan fingerprint density at radius 2 is 1.72 bits per heavy atom. The van der Waals surface area contributed by atoms with Crippen LogP contribution in [0.4, 0.5) is 21.4 Å². The van der Waals surface area contributed by atoms with Gasteiger partial charge in [-0.05, 0) is 89.3 Å². The molecule has 1 N–H and O–H groups in total. The molecule has 1 saturated heterocycles. The average Bonchev–Trinajstić information content (AvgIpc) is 3.61. The summed E-state index contributed by atoms with van der Waals surface area (Å²) in [5, 5.41) is 15.1. The Bertz CT molecular complexity index is 1810. The largest absolute Gasteiger partial charge is 0.443 e. The van der Waals surface area contributed by atoms with Crippen LogP contribution in [0.15, 0.2) is 47.4 Å². The first-order valence-corrected chi connectivity index (χ1v) is 14.8.